The van der Waals surface area contributed by atoms with Gasteiger partial charge in [0, 0.05) is 0 Å². The zero-order chi connectivity index (χ0) is 16.5. The maximum atomic E-state index is 12.6. The summed E-state index contributed by atoms with van der Waals surface area (Å²) in [7, 11) is 0. The highest BCUT2D eigenvalue weighted by molar-refractivity contribution is 5.75. The molecule has 1 aliphatic carbocycles. The lowest BCUT2D eigenvalue weighted by atomic mass is 9.84. The molecule has 4 heteroatoms. The lowest BCUT2D eigenvalue weighted by Gasteiger charge is -2.22. The lowest BCUT2D eigenvalue weighted by Crippen LogP contribution is -2.30. The van der Waals surface area contributed by atoms with Crippen molar-refractivity contribution in [2.45, 2.75) is 38.0 Å². The van der Waals surface area contributed by atoms with Gasteiger partial charge in [-0.25, -0.2) is 9.36 Å². The average molecular weight is 321 g/mol. The van der Waals surface area contributed by atoms with E-state index in [4.69, 9.17) is 4.42 Å². The van der Waals surface area contributed by atoms with Crippen LogP contribution in [0.5, 0.6) is 0 Å². The minimum atomic E-state index is -0.649. The van der Waals surface area contributed by atoms with Crippen LogP contribution in [0.25, 0.3) is 16.7 Å². The fourth-order valence-corrected chi connectivity index (χ4v) is 3.63. The molecule has 0 spiro atoms. The first-order chi connectivity index (χ1) is 11.7. The largest absolute Gasteiger partial charge is 0.426 e. The second-order valence-corrected chi connectivity index (χ2v) is 6.43. The molecule has 1 aliphatic rings. The van der Waals surface area contributed by atoms with Crippen LogP contribution in [-0.4, -0.2) is 4.57 Å². The van der Waals surface area contributed by atoms with Crippen LogP contribution in [0.2, 0.25) is 0 Å². The van der Waals surface area contributed by atoms with Crippen LogP contribution in [0.1, 0.15) is 43.6 Å². The van der Waals surface area contributed by atoms with E-state index in [1.165, 1.54) is 37.7 Å². The molecule has 0 aliphatic heterocycles. The molecular formula is C20H19NO3. The molecule has 0 unspecified atom stereocenters. The molecule has 4 rings (SSSR count). The van der Waals surface area contributed by atoms with Crippen molar-refractivity contribution in [3.8, 4) is 5.69 Å². The van der Waals surface area contributed by atoms with Crippen LogP contribution >= 0.6 is 0 Å². The Kier molecular flexibility index (Phi) is 3.81. The van der Waals surface area contributed by atoms with E-state index in [9.17, 15) is 9.59 Å². The predicted molar refractivity (Wildman–Crippen MR) is 93.9 cm³/mol. The van der Waals surface area contributed by atoms with Gasteiger partial charge in [0.2, 0.25) is 0 Å². The van der Waals surface area contributed by atoms with Crippen molar-refractivity contribution >= 4 is 11.0 Å². The van der Waals surface area contributed by atoms with Crippen molar-refractivity contribution in [3.63, 3.8) is 0 Å². The van der Waals surface area contributed by atoms with Gasteiger partial charge in [-0.05, 0) is 48.6 Å². The minimum absolute atomic E-state index is 0.322. The summed E-state index contributed by atoms with van der Waals surface area (Å²) in [6.45, 7) is 0. The van der Waals surface area contributed by atoms with E-state index in [1.807, 2.05) is 24.3 Å². The summed E-state index contributed by atoms with van der Waals surface area (Å²) >= 11 is 0. The third-order valence-corrected chi connectivity index (χ3v) is 4.93. The Bertz CT molecular complexity index is 976. The highest BCUT2D eigenvalue weighted by atomic mass is 16.4. The molecule has 4 nitrogen and oxygen atoms in total. The van der Waals surface area contributed by atoms with Gasteiger partial charge in [0.25, 0.3) is 5.56 Å². The molecule has 0 atom stereocenters. The molecule has 0 amide bonds. The van der Waals surface area contributed by atoms with Crippen LogP contribution in [0.3, 0.4) is 0 Å². The maximum absolute atomic E-state index is 12.6. The second kappa shape index (κ2) is 6.11. The van der Waals surface area contributed by atoms with Gasteiger partial charge in [-0.3, -0.25) is 4.79 Å². The molecule has 0 radical (unpaired) electrons. The first-order valence-corrected chi connectivity index (χ1v) is 8.49. The molecule has 2 aromatic carbocycles. The normalized spacial score (nSPS) is 15.7. The molecule has 122 valence electrons. The van der Waals surface area contributed by atoms with Gasteiger partial charge < -0.3 is 4.42 Å². The molecule has 0 bridgehead atoms. The van der Waals surface area contributed by atoms with Crippen molar-refractivity contribution in [2.24, 2.45) is 0 Å². The van der Waals surface area contributed by atoms with Gasteiger partial charge in [-0.1, -0.05) is 43.5 Å². The van der Waals surface area contributed by atoms with E-state index in [1.54, 1.807) is 24.3 Å². The summed E-state index contributed by atoms with van der Waals surface area (Å²) < 4.78 is 6.39. The smallest absolute Gasteiger partial charge is 0.409 e. The Morgan fingerprint density at radius 3 is 2.33 bits per heavy atom. The molecule has 1 fully saturated rings. The SMILES string of the molecule is O=c1oc2ccccc2c(=O)n1-c1ccc(C2CCCCC2)cc1. The maximum Gasteiger partial charge on any atom is 0.426 e. The molecule has 3 aromatic rings. The van der Waals surface area contributed by atoms with Crippen LogP contribution in [0.15, 0.2) is 62.5 Å². The summed E-state index contributed by atoms with van der Waals surface area (Å²) in [5, 5.41) is 0.411. The van der Waals surface area contributed by atoms with Crippen molar-refractivity contribution in [2.75, 3.05) is 0 Å². The third-order valence-electron chi connectivity index (χ3n) is 4.93. The fourth-order valence-electron chi connectivity index (χ4n) is 3.63. The van der Waals surface area contributed by atoms with Crippen LogP contribution < -0.4 is 11.3 Å². The fraction of sp³-hybridized carbons (Fsp3) is 0.300. The number of hydrogen-bond donors (Lipinski definition) is 0. The molecule has 1 aromatic heterocycles. The molecule has 24 heavy (non-hydrogen) atoms. The van der Waals surface area contributed by atoms with Crippen molar-refractivity contribution in [1.29, 1.82) is 0 Å². The minimum Gasteiger partial charge on any atom is -0.409 e. The van der Waals surface area contributed by atoms with Gasteiger partial charge in [0.15, 0.2) is 0 Å². The van der Waals surface area contributed by atoms with Gasteiger partial charge in [0.05, 0.1) is 11.1 Å². The molecule has 1 saturated carbocycles. The van der Waals surface area contributed by atoms with E-state index in [0.717, 1.165) is 4.57 Å². The Morgan fingerprint density at radius 1 is 0.875 bits per heavy atom. The molecule has 1 heterocycles. The van der Waals surface area contributed by atoms with E-state index < -0.39 is 5.76 Å². The Morgan fingerprint density at radius 2 is 1.58 bits per heavy atom. The highest BCUT2D eigenvalue weighted by Gasteiger charge is 2.16. The second-order valence-electron chi connectivity index (χ2n) is 6.43. The number of aromatic nitrogens is 1. The topological polar surface area (TPSA) is 52.2 Å². The monoisotopic (exact) mass is 321 g/mol. The number of benzene rings is 2. The lowest BCUT2D eigenvalue weighted by molar-refractivity contribution is 0.443. The molecular weight excluding hydrogens is 302 g/mol. The van der Waals surface area contributed by atoms with Gasteiger partial charge in [-0.2, -0.15) is 0 Å². The summed E-state index contributed by atoms with van der Waals surface area (Å²) in [4.78, 5) is 24.9. The Labute approximate surface area is 139 Å². The third kappa shape index (κ3) is 2.58. The number of nitrogens with zero attached hydrogens (tertiary/aromatic N) is 1. The first kappa shape index (κ1) is 14.9. The van der Waals surface area contributed by atoms with E-state index in [0.29, 0.717) is 22.6 Å². The Hall–Kier alpha value is -2.62. The number of hydrogen-bond acceptors (Lipinski definition) is 3. The number of fused-ring (bicyclic) bond motifs is 1. The molecule has 0 saturated heterocycles. The summed E-state index contributed by atoms with van der Waals surface area (Å²) in [5.74, 6) is -0.0540. The summed E-state index contributed by atoms with van der Waals surface area (Å²) in [6, 6.07) is 14.6. The van der Waals surface area contributed by atoms with Crippen LogP contribution in [0, 0.1) is 0 Å². The number of rotatable bonds is 2. The predicted octanol–water partition coefficient (Wildman–Crippen LogP) is 3.99. The zero-order valence-corrected chi connectivity index (χ0v) is 13.4. The first-order valence-electron chi connectivity index (χ1n) is 8.49. The van der Waals surface area contributed by atoms with E-state index in [-0.39, 0.29) is 5.56 Å². The van der Waals surface area contributed by atoms with Gasteiger partial charge in [0.1, 0.15) is 5.58 Å². The van der Waals surface area contributed by atoms with E-state index in [2.05, 4.69) is 0 Å². The summed E-state index contributed by atoms with van der Waals surface area (Å²) in [6.07, 6.45) is 6.32. The van der Waals surface area contributed by atoms with Crippen LogP contribution in [-0.2, 0) is 0 Å². The van der Waals surface area contributed by atoms with Crippen LogP contribution in [0.4, 0.5) is 0 Å². The van der Waals surface area contributed by atoms with Crippen molar-refractivity contribution < 1.29 is 4.42 Å². The van der Waals surface area contributed by atoms with E-state index >= 15 is 0 Å². The van der Waals surface area contributed by atoms with Gasteiger partial charge in [-0.15, -0.1) is 0 Å². The summed E-state index contributed by atoms with van der Waals surface area (Å²) in [5.41, 5.74) is 1.82. The molecule has 0 N–H and O–H groups in total. The van der Waals surface area contributed by atoms with Crippen molar-refractivity contribution in [1.82, 2.24) is 4.57 Å². The van der Waals surface area contributed by atoms with Gasteiger partial charge >= 0.3 is 5.76 Å². The number of para-hydroxylation sites is 1. The quantitative estimate of drug-likeness (QED) is 0.717. The Balaban J connectivity index is 1.77. The van der Waals surface area contributed by atoms with Crippen molar-refractivity contribution in [3.05, 3.63) is 75.0 Å². The standard InChI is InChI=1S/C20H19NO3/c22-19-17-8-4-5-9-18(17)24-20(23)21(19)16-12-10-15(11-13-16)14-6-2-1-3-7-14/h4-5,8-14H,1-3,6-7H2. The highest BCUT2D eigenvalue weighted by Crippen LogP contribution is 2.32. The average Bonchev–Trinajstić information content (AvgIpc) is 2.63. The zero-order valence-electron chi connectivity index (χ0n) is 13.4.